The molecule has 1 fully saturated rings. The van der Waals surface area contributed by atoms with Gasteiger partial charge in [0.05, 0.1) is 12.1 Å². The highest BCUT2D eigenvalue weighted by Gasteiger charge is 2.30. The standard InChI is InChI=1S/C26H25N3O5S/c30-23(27-12-16(24(31)32)11-15-9-10-15)22-13-28-25(35-22)29-26(33)34-14-21-19-7-3-1-5-17(19)18-6-2-4-8-20(18)21/h1-8,13,15-16,21H,9-12,14H2,(H,27,30)(H,31,32)(H,28,29,33). The quantitative estimate of drug-likeness (QED) is 0.398. The highest BCUT2D eigenvalue weighted by Crippen LogP contribution is 2.44. The summed E-state index contributed by atoms with van der Waals surface area (Å²) in [6, 6.07) is 16.2. The van der Waals surface area contributed by atoms with E-state index in [1.807, 2.05) is 36.4 Å². The number of carbonyl (C=O) groups excluding carboxylic acids is 2. The number of aliphatic carboxylic acids is 1. The molecule has 2 aliphatic carbocycles. The summed E-state index contributed by atoms with van der Waals surface area (Å²) in [7, 11) is 0. The molecule has 180 valence electrons. The average molecular weight is 492 g/mol. The van der Waals surface area contributed by atoms with E-state index >= 15 is 0 Å². The van der Waals surface area contributed by atoms with Gasteiger partial charge in [0.15, 0.2) is 5.13 Å². The van der Waals surface area contributed by atoms with Crippen LogP contribution in [-0.4, -0.2) is 41.2 Å². The van der Waals surface area contributed by atoms with Crippen LogP contribution in [0, 0.1) is 11.8 Å². The predicted octanol–water partition coefficient (Wildman–Crippen LogP) is 4.73. The van der Waals surface area contributed by atoms with Crippen molar-refractivity contribution in [1.29, 1.82) is 0 Å². The van der Waals surface area contributed by atoms with Gasteiger partial charge >= 0.3 is 12.1 Å². The second-order valence-electron chi connectivity index (χ2n) is 8.90. The van der Waals surface area contributed by atoms with Crippen LogP contribution < -0.4 is 10.6 Å². The maximum absolute atomic E-state index is 12.4. The summed E-state index contributed by atoms with van der Waals surface area (Å²) in [5.41, 5.74) is 4.54. The Morgan fingerprint density at radius 3 is 2.34 bits per heavy atom. The van der Waals surface area contributed by atoms with Gasteiger partial charge < -0.3 is 15.2 Å². The minimum absolute atomic E-state index is 0.0522. The lowest BCUT2D eigenvalue weighted by Gasteiger charge is -2.14. The van der Waals surface area contributed by atoms with Crippen molar-refractivity contribution in [2.75, 3.05) is 18.5 Å². The molecule has 2 aromatic carbocycles. The molecule has 0 radical (unpaired) electrons. The van der Waals surface area contributed by atoms with Crippen molar-refractivity contribution in [3.63, 3.8) is 0 Å². The van der Waals surface area contributed by atoms with Crippen LogP contribution in [0.5, 0.6) is 0 Å². The van der Waals surface area contributed by atoms with E-state index in [-0.39, 0.29) is 29.1 Å². The van der Waals surface area contributed by atoms with Gasteiger partial charge in [-0.3, -0.25) is 14.9 Å². The number of nitrogens with one attached hydrogen (secondary N) is 2. The minimum atomic E-state index is -0.904. The van der Waals surface area contributed by atoms with E-state index in [9.17, 15) is 19.5 Å². The highest BCUT2D eigenvalue weighted by molar-refractivity contribution is 7.17. The predicted molar refractivity (Wildman–Crippen MR) is 132 cm³/mol. The molecule has 0 spiro atoms. The monoisotopic (exact) mass is 491 g/mol. The first-order valence-electron chi connectivity index (χ1n) is 11.6. The summed E-state index contributed by atoms with van der Waals surface area (Å²) in [5.74, 6) is -1.52. The first kappa shape index (κ1) is 23.0. The number of hydrogen-bond acceptors (Lipinski definition) is 6. The lowest BCUT2D eigenvalue weighted by atomic mass is 9.98. The number of carboxylic acids is 1. The van der Waals surface area contributed by atoms with Gasteiger partial charge in [-0.15, -0.1) is 0 Å². The van der Waals surface area contributed by atoms with E-state index in [1.165, 1.54) is 6.20 Å². The van der Waals surface area contributed by atoms with E-state index in [2.05, 4.69) is 27.8 Å². The van der Waals surface area contributed by atoms with Crippen molar-refractivity contribution in [2.45, 2.75) is 25.2 Å². The zero-order chi connectivity index (χ0) is 24.4. The number of aromatic nitrogens is 1. The van der Waals surface area contributed by atoms with Crippen LogP contribution >= 0.6 is 11.3 Å². The Morgan fingerprint density at radius 1 is 1.06 bits per heavy atom. The molecule has 2 aliphatic rings. The van der Waals surface area contributed by atoms with E-state index in [4.69, 9.17) is 4.74 Å². The zero-order valence-electron chi connectivity index (χ0n) is 18.9. The molecule has 1 atom stereocenters. The van der Waals surface area contributed by atoms with Crippen LogP contribution in [-0.2, 0) is 9.53 Å². The van der Waals surface area contributed by atoms with Crippen molar-refractivity contribution < 1.29 is 24.2 Å². The van der Waals surface area contributed by atoms with Crippen LogP contribution in [0.25, 0.3) is 11.1 Å². The number of carbonyl (C=O) groups is 3. The lowest BCUT2D eigenvalue weighted by molar-refractivity contribution is -0.141. The summed E-state index contributed by atoms with van der Waals surface area (Å²) in [6.07, 6.45) is 3.39. The summed E-state index contributed by atoms with van der Waals surface area (Å²) in [5, 5.41) is 14.8. The lowest BCUT2D eigenvalue weighted by Crippen LogP contribution is -2.32. The second-order valence-corrected chi connectivity index (χ2v) is 9.94. The van der Waals surface area contributed by atoms with Crippen LogP contribution in [0.2, 0.25) is 0 Å². The first-order valence-corrected chi connectivity index (χ1v) is 12.4. The topological polar surface area (TPSA) is 118 Å². The van der Waals surface area contributed by atoms with Gasteiger partial charge in [-0.1, -0.05) is 72.7 Å². The van der Waals surface area contributed by atoms with Crippen molar-refractivity contribution in [1.82, 2.24) is 10.3 Å². The van der Waals surface area contributed by atoms with Crippen molar-refractivity contribution in [3.8, 4) is 11.1 Å². The number of anilines is 1. The zero-order valence-corrected chi connectivity index (χ0v) is 19.7. The number of nitrogens with zero attached hydrogens (tertiary/aromatic N) is 1. The normalized spacial score (nSPS) is 15.1. The van der Waals surface area contributed by atoms with E-state index in [0.717, 1.165) is 46.4 Å². The van der Waals surface area contributed by atoms with Gasteiger partial charge in [0, 0.05) is 12.5 Å². The summed E-state index contributed by atoms with van der Waals surface area (Å²) < 4.78 is 5.51. The molecule has 2 amide bonds. The number of hydrogen-bond donors (Lipinski definition) is 3. The Balaban J connectivity index is 1.15. The molecule has 35 heavy (non-hydrogen) atoms. The largest absolute Gasteiger partial charge is 0.481 e. The Hall–Kier alpha value is -3.72. The Labute approximate surface area is 206 Å². The number of amides is 2. The van der Waals surface area contributed by atoms with Crippen molar-refractivity contribution in [2.24, 2.45) is 11.8 Å². The highest BCUT2D eigenvalue weighted by atomic mass is 32.1. The molecular weight excluding hydrogens is 466 g/mol. The van der Waals surface area contributed by atoms with E-state index in [1.54, 1.807) is 0 Å². The van der Waals surface area contributed by atoms with Gasteiger partial charge in [0.2, 0.25) is 0 Å². The van der Waals surface area contributed by atoms with E-state index < -0.39 is 23.9 Å². The molecule has 3 aromatic rings. The van der Waals surface area contributed by atoms with E-state index in [0.29, 0.717) is 12.3 Å². The fourth-order valence-corrected chi connectivity index (χ4v) is 5.21. The van der Waals surface area contributed by atoms with Gasteiger partial charge in [-0.2, -0.15) is 0 Å². The summed E-state index contributed by atoms with van der Waals surface area (Å²) in [6.45, 7) is 0.244. The van der Waals surface area contributed by atoms with Gasteiger partial charge in [0.1, 0.15) is 11.5 Å². The molecule has 0 aliphatic heterocycles. The molecule has 8 nitrogen and oxygen atoms in total. The molecule has 5 rings (SSSR count). The van der Waals surface area contributed by atoms with Crippen LogP contribution in [0.4, 0.5) is 9.93 Å². The van der Waals surface area contributed by atoms with Gasteiger partial charge in [-0.25, -0.2) is 9.78 Å². The maximum Gasteiger partial charge on any atom is 0.413 e. The fraction of sp³-hybridized carbons (Fsp3) is 0.308. The molecular formula is C26H25N3O5S. The molecule has 3 N–H and O–H groups in total. The first-order chi connectivity index (χ1) is 17.0. The van der Waals surface area contributed by atoms with Crippen LogP contribution in [0.1, 0.15) is 46.0 Å². The van der Waals surface area contributed by atoms with Crippen molar-refractivity contribution in [3.05, 3.63) is 70.7 Å². The molecule has 0 saturated heterocycles. The molecule has 0 bridgehead atoms. The van der Waals surface area contributed by atoms with Gasteiger partial charge in [-0.05, 0) is 34.6 Å². The maximum atomic E-state index is 12.4. The number of fused-ring (bicyclic) bond motifs is 3. The molecule has 1 saturated carbocycles. The van der Waals surface area contributed by atoms with Crippen LogP contribution in [0.15, 0.2) is 54.7 Å². The smallest absolute Gasteiger partial charge is 0.413 e. The number of benzene rings is 2. The average Bonchev–Trinajstić information content (AvgIpc) is 3.46. The third-order valence-corrected chi connectivity index (χ3v) is 7.37. The number of ether oxygens (including phenoxy) is 1. The Kier molecular flexibility index (Phi) is 6.50. The second kappa shape index (κ2) is 9.87. The van der Waals surface area contributed by atoms with Crippen molar-refractivity contribution >= 4 is 34.4 Å². The Bertz CT molecular complexity index is 1220. The third-order valence-electron chi connectivity index (χ3n) is 6.46. The van der Waals surface area contributed by atoms with Gasteiger partial charge in [0.25, 0.3) is 5.91 Å². The molecule has 1 aromatic heterocycles. The SMILES string of the molecule is O=C(Nc1ncc(C(=O)NCC(CC2CC2)C(=O)O)s1)OCC1c2ccccc2-c2ccccc21. The summed E-state index contributed by atoms with van der Waals surface area (Å²) >= 11 is 1.01. The Morgan fingerprint density at radius 2 is 1.71 bits per heavy atom. The fourth-order valence-electron chi connectivity index (χ4n) is 4.49. The van der Waals surface area contributed by atoms with Crippen LogP contribution in [0.3, 0.4) is 0 Å². The minimum Gasteiger partial charge on any atom is -0.481 e. The molecule has 1 heterocycles. The molecule has 1 unspecified atom stereocenters. The number of thiazole rings is 1. The number of rotatable bonds is 9. The third kappa shape index (κ3) is 5.19. The summed E-state index contributed by atoms with van der Waals surface area (Å²) in [4.78, 5) is 40.6. The number of carboxylic acid groups (broad SMARTS) is 1. The molecule has 9 heteroatoms.